The molecule has 1 aliphatic heterocycles. The zero-order valence-corrected chi connectivity index (χ0v) is 24.5. The maximum Gasteiger partial charge on any atom is 0.407 e. The maximum absolute atomic E-state index is 12.7. The second-order valence-corrected chi connectivity index (χ2v) is 11.1. The molecule has 6 rings (SSSR count). The molecule has 0 aliphatic carbocycles. The molecular weight excluding hydrogens is 574 g/mol. The van der Waals surface area contributed by atoms with E-state index in [-0.39, 0.29) is 12.1 Å². The molecule has 0 radical (unpaired) electrons. The third-order valence-corrected chi connectivity index (χ3v) is 8.33. The van der Waals surface area contributed by atoms with Gasteiger partial charge in [-0.2, -0.15) is 10.1 Å². The highest BCUT2D eigenvalue weighted by molar-refractivity contribution is 7.16. The van der Waals surface area contributed by atoms with Crippen LogP contribution in [0, 0.1) is 0 Å². The van der Waals surface area contributed by atoms with Gasteiger partial charge in [-0.25, -0.2) is 19.6 Å². The van der Waals surface area contributed by atoms with Crippen molar-refractivity contribution in [2.45, 2.75) is 32.0 Å². The van der Waals surface area contributed by atoms with Crippen molar-refractivity contribution in [2.24, 2.45) is 7.05 Å². The molecule has 1 fully saturated rings. The lowest BCUT2D eigenvalue weighted by molar-refractivity contribution is 0.0599. The molecule has 5 heterocycles. The number of amides is 1. The fourth-order valence-corrected chi connectivity index (χ4v) is 5.94. The molecule has 1 saturated heterocycles. The molecule has 0 bridgehead atoms. The van der Waals surface area contributed by atoms with E-state index >= 15 is 0 Å². The summed E-state index contributed by atoms with van der Waals surface area (Å²) in [4.78, 5) is 38.9. The number of thiophene rings is 1. The number of carboxylic acid groups (broad SMARTS) is 1. The van der Waals surface area contributed by atoms with Crippen LogP contribution in [0.25, 0.3) is 27.2 Å². The Labute approximate surface area is 250 Å². The summed E-state index contributed by atoms with van der Waals surface area (Å²) < 4.78 is 20.9. The summed E-state index contributed by atoms with van der Waals surface area (Å²) in [6.45, 7) is 2.62. The minimum atomic E-state index is -0.929. The Balaban J connectivity index is 1.22. The van der Waals surface area contributed by atoms with Crippen LogP contribution in [0.4, 0.5) is 4.79 Å². The van der Waals surface area contributed by atoms with E-state index in [1.54, 1.807) is 29.3 Å². The quantitative estimate of drug-likeness (QED) is 0.247. The van der Waals surface area contributed by atoms with Crippen LogP contribution in [0.2, 0.25) is 0 Å². The fourth-order valence-electron chi connectivity index (χ4n) is 4.94. The van der Waals surface area contributed by atoms with E-state index in [1.165, 1.54) is 23.3 Å². The van der Waals surface area contributed by atoms with Crippen LogP contribution in [0.1, 0.15) is 41.2 Å². The first kappa shape index (κ1) is 28.2. The number of benzene rings is 1. The van der Waals surface area contributed by atoms with Crippen LogP contribution in [-0.2, 0) is 11.8 Å². The van der Waals surface area contributed by atoms with Gasteiger partial charge < -0.3 is 24.2 Å². The number of esters is 1. The summed E-state index contributed by atoms with van der Waals surface area (Å²) in [5.41, 5.74) is 4.23. The molecule has 1 aliphatic rings. The number of ether oxygens (including phenoxy) is 3. The summed E-state index contributed by atoms with van der Waals surface area (Å²) in [6.07, 6.45) is 6.50. The second-order valence-electron chi connectivity index (χ2n) is 10.1. The molecule has 5 aromatic rings. The van der Waals surface area contributed by atoms with E-state index in [2.05, 4.69) is 20.1 Å². The van der Waals surface area contributed by atoms with Crippen molar-refractivity contribution in [1.82, 2.24) is 34.2 Å². The van der Waals surface area contributed by atoms with Gasteiger partial charge in [-0.1, -0.05) is 6.07 Å². The summed E-state index contributed by atoms with van der Waals surface area (Å²) in [7, 11) is 3.20. The molecule has 222 valence electrons. The smallest absolute Gasteiger partial charge is 0.407 e. The number of imidazole rings is 1. The predicted molar refractivity (Wildman–Crippen MR) is 157 cm³/mol. The number of piperidine rings is 1. The van der Waals surface area contributed by atoms with Gasteiger partial charge in [-0.05, 0) is 30.7 Å². The molecule has 1 atom stereocenters. The van der Waals surface area contributed by atoms with Crippen LogP contribution in [0.5, 0.6) is 11.8 Å². The Morgan fingerprint density at radius 2 is 1.93 bits per heavy atom. The molecule has 43 heavy (non-hydrogen) atoms. The number of rotatable bonds is 8. The van der Waals surface area contributed by atoms with Crippen LogP contribution >= 0.6 is 11.3 Å². The first-order chi connectivity index (χ1) is 20.8. The Kier molecular flexibility index (Phi) is 7.67. The van der Waals surface area contributed by atoms with Gasteiger partial charge >= 0.3 is 18.1 Å². The van der Waals surface area contributed by atoms with Crippen LogP contribution in [-0.4, -0.2) is 77.7 Å². The molecule has 14 heteroatoms. The fraction of sp³-hybridized carbons (Fsp3) is 0.310. The van der Waals surface area contributed by atoms with E-state index in [4.69, 9.17) is 19.3 Å². The lowest BCUT2D eigenvalue weighted by atomic mass is 10.1. The number of methoxy groups -OCH3 is 1. The predicted octanol–water partition coefficient (Wildman–Crippen LogP) is 4.73. The van der Waals surface area contributed by atoms with Crippen LogP contribution in [0.15, 0.2) is 55.2 Å². The van der Waals surface area contributed by atoms with Gasteiger partial charge in [0.25, 0.3) is 0 Å². The molecule has 0 spiro atoms. The van der Waals surface area contributed by atoms with Crippen molar-refractivity contribution in [3.8, 4) is 27.9 Å². The molecule has 4 aromatic heterocycles. The Morgan fingerprint density at radius 1 is 1.12 bits per heavy atom. The summed E-state index contributed by atoms with van der Waals surface area (Å²) in [5, 5.41) is 14.1. The number of aryl methyl sites for hydroxylation is 1. The van der Waals surface area contributed by atoms with Gasteiger partial charge in [0.2, 0.25) is 0 Å². The zero-order valence-electron chi connectivity index (χ0n) is 23.7. The second kappa shape index (κ2) is 11.7. The number of hydrogen-bond donors (Lipinski definition) is 1. The Morgan fingerprint density at radius 3 is 2.65 bits per heavy atom. The van der Waals surface area contributed by atoms with E-state index in [0.717, 1.165) is 27.2 Å². The number of aromatic nitrogens is 6. The lowest BCUT2D eigenvalue weighted by Crippen LogP contribution is -2.41. The standard InChI is InChI=1S/C29H29N7O6S/c1-17(21-6-9-30-28(33-21)42-20-7-10-35(11-8-20)29(38)39)41-24-13-25(43-26(24)27(37)40-3)36-16-31-22-12-18(4-5-23(22)36)19-14-32-34(2)15-19/h4-6,9,12-17,20H,7-8,10-11H2,1-3H3,(H,38,39). The summed E-state index contributed by atoms with van der Waals surface area (Å²) in [6, 6.07) is 9.70. The third-order valence-electron chi connectivity index (χ3n) is 7.24. The van der Waals surface area contributed by atoms with Gasteiger partial charge in [0.15, 0.2) is 4.88 Å². The van der Waals surface area contributed by atoms with Gasteiger partial charge in [-0.15, -0.1) is 11.3 Å². The first-order valence-corrected chi connectivity index (χ1v) is 14.4. The minimum absolute atomic E-state index is 0.183. The molecule has 1 unspecified atom stereocenters. The Bertz CT molecular complexity index is 1790. The number of fused-ring (bicyclic) bond motifs is 1. The van der Waals surface area contributed by atoms with Crippen molar-refractivity contribution >= 4 is 34.4 Å². The topological polar surface area (TPSA) is 147 Å². The summed E-state index contributed by atoms with van der Waals surface area (Å²) in [5.74, 6) is -0.156. The highest BCUT2D eigenvalue weighted by atomic mass is 32.1. The summed E-state index contributed by atoms with van der Waals surface area (Å²) >= 11 is 1.24. The highest BCUT2D eigenvalue weighted by Gasteiger charge is 2.26. The zero-order chi connectivity index (χ0) is 30.1. The van der Waals surface area contributed by atoms with Crippen molar-refractivity contribution in [3.05, 3.63) is 65.8 Å². The monoisotopic (exact) mass is 603 g/mol. The molecule has 1 N–H and O–H groups in total. The molecule has 1 amide bonds. The number of nitrogens with zero attached hydrogens (tertiary/aromatic N) is 7. The van der Waals surface area contributed by atoms with Gasteiger partial charge in [0.1, 0.15) is 29.3 Å². The molecule has 13 nitrogen and oxygen atoms in total. The molecular formula is C29H29N7O6S. The number of hydrogen-bond acceptors (Lipinski definition) is 10. The van der Waals surface area contributed by atoms with Crippen molar-refractivity contribution in [1.29, 1.82) is 0 Å². The van der Waals surface area contributed by atoms with Crippen molar-refractivity contribution < 1.29 is 28.9 Å². The van der Waals surface area contributed by atoms with E-state index in [9.17, 15) is 9.59 Å². The number of carbonyl (C=O) groups excluding carboxylic acids is 1. The van der Waals surface area contributed by atoms with Gasteiger partial charge in [-0.3, -0.25) is 9.25 Å². The molecule has 0 saturated carbocycles. The van der Waals surface area contributed by atoms with Gasteiger partial charge in [0.05, 0.1) is 30.0 Å². The van der Waals surface area contributed by atoms with E-state index in [1.807, 2.05) is 49.1 Å². The Hall–Kier alpha value is -4.98. The van der Waals surface area contributed by atoms with Crippen LogP contribution < -0.4 is 9.47 Å². The van der Waals surface area contributed by atoms with E-state index < -0.39 is 18.2 Å². The van der Waals surface area contributed by atoms with Gasteiger partial charge in [0, 0.05) is 57.0 Å². The van der Waals surface area contributed by atoms with Crippen molar-refractivity contribution in [2.75, 3.05) is 20.2 Å². The van der Waals surface area contributed by atoms with E-state index in [0.29, 0.717) is 42.3 Å². The largest absolute Gasteiger partial charge is 0.483 e. The number of likely N-dealkylation sites (tertiary alicyclic amines) is 1. The van der Waals surface area contributed by atoms with Crippen LogP contribution in [0.3, 0.4) is 0 Å². The average Bonchev–Trinajstić information content (AvgIpc) is 3.75. The SMILES string of the molecule is COC(=O)c1sc(-n2cnc3cc(-c4cnn(C)c4)ccc32)cc1OC(C)c1ccnc(OC2CCN(C(=O)O)CC2)n1. The third kappa shape index (κ3) is 5.86. The van der Waals surface area contributed by atoms with Crippen molar-refractivity contribution in [3.63, 3.8) is 0 Å². The lowest BCUT2D eigenvalue weighted by Gasteiger charge is -2.29. The molecule has 1 aromatic carbocycles. The maximum atomic E-state index is 12.7. The average molecular weight is 604 g/mol. The minimum Gasteiger partial charge on any atom is -0.483 e. The normalized spacial score (nSPS) is 14.5. The first-order valence-electron chi connectivity index (χ1n) is 13.6. The highest BCUT2D eigenvalue weighted by Crippen LogP contribution is 2.37. The number of carbonyl (C=O) groups is 2.